The van der Waals surface area contributed by atoms with Crippen molar-refractivity contribution >= 4 is 40.8 Å². The molecule has 0 atom stereocenters. The van der Waals surface area contributed by atoms with Gasteiger partial charge in [0.25, 0.3) is 5.69 Å². The molecule has 1 saturated heterocycles. The first-order valence-electron chi connectivity index (χ1n) is 7.72. The molecule has 0 saturated carbocycles. The van der Waals surface area contributed by atoms with Gasteiger partial charge in [-0.05, 0) is 60.7 Å². The lowest BCUT2D eigenvalue weighted by Gasteiger charge is -2.38. The lowest BCUT2D eigenvalue weighted by atomic mass is 9.85. The molecule has 1 aliphatic rings. The van der Waals surface area contributed by atoms with E-state index in [9.17, 15) is 15.2 Å². The summed E-state index contributed by atoms with van der Waals surface area (Å²) in [5.41, 5.74) is -0.124. The van der Waals surface area contributed by atoms with E-state index in [2.05, 4.69) is 4.31 Å². The molecule has 5 nitrogen and oxygen atoms in total. The van der Waals surface area contributed by atoms with Gasteiger partial charge in [0.2, 0.25) is 0 Å². The second-order valence-corrected chi connectivity index (χ2v) is 8.00. The number of piperidine rings is 1. The number of nitrogens with zero attached hydrogens (tertiary/aromatic N) is 2. The van der Waals surface area contributed by atoms with Gasteiger partial charge in [0.15, 0.2) is 0 Å². The second-order valence-electron chi connectivity index (χ2n) is 5.96. The highest BCUT2D eigenvalue weighted by Crippen LogP contribution is 2.38. The molecule has 1 aliphatic heterocycles. The molecule has 2 aromatic rings. The maximum Gasteiger partial charge on any atom is 0.269 e. The van der Waals surface area contributed by atoms with Crippen LogP contribution in [0.2, 0.25) is 10.0 Å². The molecule has 0 aromatic heterocycles. The van der Waals surface area contributed by atoms with E-state index in [0.29, 0.717) is 36.0 Å². The number of hydrogen-bond acceptors (Lipinski definition) is 5. The smallest absolute Gasteiger partial charge is 0.269 e. The zero-order chi connectivity index (χ0) is 18.0. The predicted molar refractivity (Wildman–Crippen MR) is 100 cm³/mol. The molecule has 1 N–H and O–H groups in total. The summed E-state index contributed by atoms with van der Waals surface area (Å²) in [6, 6.07) is 11.6. The van der Waals surface area contributed by atoms with Crippen molar-refractivity contribution in [1.29, 1.82) is 0 Å². The summed E-state index contributed by atoms with van der Waals surface area (Å²) in [6.45, 7) is 1.37. The minimum Gasteiger partial charge on any atom is -0.385 e. The Kier molecular flexibility index (Phi) is 5.55. The summed E-state index contributed by atoms with van der Waals surface area (Å²) in [7, 11) is 0. The van der Waals surface area contributed by atoms with Crippen molar-refractivity contribution in [2.45, 2.75) is 23.3 Å². The number of aliphatic hydroxyl groups is 1. The van der Waals surface area contributed by atoms with Crippen LogP contribution in [0, 0.1) is 10.1 Å². The van der Waals surface area contributed by atoms with Crippen LogP contribution in [0.5, 0.6) is 0 Å². The van der Waals surface area contributed by atoms with Crippen LogP contribution in [0.1, 0.15) is 18.4 Å². The first-order chi connectivity index (χ1) is 11.9. The molecule has 8 heteroatoms. The molecule has 0 aliphatic carbocycles. The van der Waals surface area contributed by atoms with E-state index < -0.39 is 10.5 Å². The van der Waals surface area contributed by atoms with E-state index >= 15 is 0 Å². The SMILES string of the molecule is O=[N+]([O-])c1ccc(SN2CCC(O)(c3cc(Cl)cc(Cl)c3)CC2)cc1. The maximum atomic E-state index is 10.9. The number of nitro groups is 1. The molecule has 0 spiro atoms. The molecular weight excluding hydrogens is 383 g/mol. The van der Waals surface area contributed by atoms with E-state index in [1.54, 1.807) is 30.3 Å². The monoisotopic (exact) mass is 398 g/mol. The molecule has 0 unspecified atom stereocenters. The molecule has 1 fully saturated rings. The molecule has 1 heterocycles. The standard InChI is InChI=1S/C17H16Cl2N2O3S/c18-13-9-12(10-14(19)11-13)17(22)5-7-20(8-6-17)25-16-3-1-15(2-4-16)21(23)24/h1-4,9-11,22H,5-8H2. The van der Waals surface area contributed by atoms with Gasteiger partial charge in [-0.1, -0.05) is 23.2 Å². The Bertz CT molecular complexity index is 758. The van der Waals surface area contributed by atoms with Crippen molar-refractivity contribution < 1.29 is 10.0 Å². The summed E-state index contributed by atoms with van der Waals surface area (Å²) < 4.78 is 2.14. The van der Waals surface area contributed by atoms with Crippen LogP contribution in [0.15, 0.2) is 47.4 Å². The third-order valence-corrected chi connectivity index (χ3v) is 5.77. The fourth-order valence-electron chi connectivity index (χ4n) is 2.84. The molecule has 2 aromatic carbocycles. The van der Waals surface area contributed by atoms with Crippen LogP contribution < -0.4 is 0 Å². The number of benzene rings is 2. The molecule has 0 amide bonds. The zero-order valence-electron chi connectivity index (χ0n) is 13.2. The van der Waals surface area contributed by atoms with Gasteiger partial charge in [-0.3, -0.25) is 10.1 Å². The van der Waals surface area contributed by atoms with E-state index in [1.165, 1.54) is 24.1 Å². The Hall–Kier alpha value is -1.31. The second kappa shape index (κ2) is 7.51. The summed E-state index contributed by atoms with van der Waals surface area (Å²) in [5.74, 6) is 0. The fraction of sp³-hybridized carbons (Fsp3) is 0.294. The van der Waals surface area contributed by atoms with Crippen molar-refractivity contribution in [2.75, 3.05) is 13.1 Å². The predicted octanol–water partition coefficient (Wildman–Crippen LogP) is 4.89. The van der Waals surface area contributed by atoms with E-state index in [4.69, 9.17) is 23.2 Å². The van der Waals surface area contributed by atoms with Crippen LogP contribution in [0.3, 0.4) is 0 Å². The van der Waals surface area contributed by atoms with Gasteiger partial charge in [0.1, 0.15) is 0 Å². The van der Waals surface area contributed by atoms with Gasteiger partial charge in [-0.2, -0.15) is 0 Å². The maximum absolute atomic E-state index is 10.9. The van der Waals surface area contributed by atoms with Crippen LogP contribution in [-0.2, 0) is 5.60 Å². The number of hydrogen-bond donors (Lipinski definition) is 1. The first kappa shape index (κ1) is 18.5. The highest BCUT2D eigenvalue weighted by molar-refractivity contribution is 7.97. The summed E-state index contributed by atoms with van der Waals surface area (Å²) in [5, 5.41) is 22.7. The van der Waals surface area contributed by atoms with E-state index in [-0.39, 0.29) is 5.69 Å². The molecule has 0 radical (unpaired) electrons. The van der Waals surface area contributed by atoms with Gasteiger partial charge in [-0.15, -0.1) is 0 Å². The number of halogens is 2. The van der Waals surface area contributed by atoms with Crippen LogP contribution >= 0.6 is 35.1 Å². The van der Waals surface area contributed by atoms with Crippen molar-refractivity contribution in [3.63, 3.8) is 0 Å². The Morgan fingerprint density at radius 1 is 1.08 bits per heavy atom. The minimum absolute atomic E-state index is 0.0789. The number of rotatable bonds is 4. The normalized spacial score (nSPS) is 17.4. The Morgan fingerprint density at radius 2 is 1.64 bits per heavy atom. The zero-order valence-corrected chi connectivity index (χ0v) is 15.5. The van der Waals surface area contributed by atoms with Gasteiger partial charge in [0, 0.05) is 40.2 Å². The highest BCUT2D eigenvalue weighted by atomic mass is 35.5. The van der Waals surface area contributed by atoms with Crippen molar-refractivity contribution in [3.8, 4) is 0 Å². The summed E-state index contributed by atoms with van der Waals surface area (Å²) >= 11 is 13.6. The lowest BCUT2D eigenvalue weighted by molar-refractivity contribution is -0.384. The third-order valence-electron chi connectivity index (χ3n) is 4.23. The first-order valence-corrected chi connectivity index (χ1v) is 9.25. The van der Waals surface area contributed by atoms with Gasteiger partial charge in [-0.25, -0.2) is 4.31 Å². The Morgan fingerprint density at radius 3 is 2.16 bits per heavy atom. The Labute approximate surface area is 159 Å². The molecule has 3 rings (SSSR count). The van der Waals surface area contributed by atoms with Gasteiger partial charge >= 0.3 is 0 Å². The van der Waals surface area contributed by atoms with Crippen molar-refractivity contribution in [3.05, 3.63) is 68.2 Å². The molecule has 25 heavy (non-hydrogen) atoms. The minimum atomic E-state index is -0.943. The Balaban J connectivity index is 1.64. The average molecular weight is 399 g/mol. The quantitative estimate of drug-likeness (QED) is 0.450. The van der Waals surface area contributed by atoms with Crippen LogP contribution in [0.25, 0.3) is 0 Å². The summed E-state index contributed by atoms with van der Waals surface area (Å²) in [4.78, 5) is 11.2. The largest absolute Gasteiger partial charge is 0.385 e. The van der Waals surface area contributed by atoms with Crippen molar-refractivity contribution in [2.24, 2.45) is 0 Å². The van der Waals surface area contributed by atoms with Gasteiger partial charge < -0.3 is 5.11 Å². The third kappa shape index (κ3) is 4.46. The van der Waals surface area contributed by atoms with Crippen LogP contribution in [-0.4, -0.2) is 27.4 Å². The molecule has 132 valence electrons. The fourth-order valence-corrected chi connectivity index (χ4v) is 4.28. The van der Waals surface area contributed by atoms with Gasteiger partial charge in [0.05, 0.1) is 10.5 Å². The summed E-state index contributed by atoms with van der Waals surface area (Å²) in [6.07, 6.45) is 1.12. The number of nitro benzene ring substituents is 1. The van der Waals surface area contributed by atoms with E-state index in [1.807, 2.05) is 0 Å². The molecular formula is C17H16Cl2N2O3S. The molecule has 0 bridgehead atoms. The van der Waals surface area contributed by atoms with Crippen LogP contribution in [0.4, 0.5) is 5.69 Å². The lowest BCUT2D eigenvalue weighted by Crippen LogP contribution is -2.39. The van der Waals surface area contributed by atoms with E-state index in [0.717, 1.165) is 10.5 Å². The highest BCUT2D eigenvalue weighted by Gasteiger charge is 2.34. The van der Waals surface area contributed by atoms with Crippen molar-refractivity contribution in [1.82, 2.24) is 4.31 Å². The average Bonchev–Trinajstić information content (AvgIpc) is 2.57. The number of non-ortho nitro benzene ring substituents is 1. The topological polar surface area (TPSA) is 66.6 Å².